The standard InChI is InChI=1S/C52H73NO12/c1-9-37-24-31(2)23-32(3)25-44(61-7)47-45(62-8)27-34(5)52(60,65-47)48(56)49(57)53-22-13-12-18-41(53)50(58)63-46(35(6)42(54)29-43(37)55)33(4)26-36-15-14-21-51(59,30-36)64-40-20-19-38-16-10-11-17-39(38)28-40/h10-11,16-17,19-20,24,26,28,32,34-37,41-42,44-47,54,59-60H,9,12-15,18,21-23,25,27,29-30H2,1-8H3. The molecule has 1 amide bonds. The van der Waals surface area contributed by atoms with Crippen LogP contribution in [0.1, 0.15) is 119 Å². The number of rotatable bonds is 7. The number of fused-ring (bicyclic) bond motifs is 4. The second-order valence-corrected chi connectivity index (χ2v) is 19.7. The number of carbonyl (C=O) groups is 4. The highest BCUT2D eigenvalue weighted by molar-refractivity contribution is 6.39. The molecular weight excluding hydrogens is 831 g/mol. The minimum atomic E-state index is -2.52. The van der Waals surface area contributed by atoms with Gasteiger partial charge in [0.05, 0.1) is 18.3 Å². The Balaban J connectivity index is 1.33. The van der Waals surface area contributed by atoms with Crippen LogP contribution in [0.15, 0.2) is 65.8 Å². The monoisotopic (exact) mass is 904 g/mol. The Morgan fingerprint density at radius 3 is 2.34 bits per heavy atom. The zero-order valence-corrected chi connectivity index (χ0v) is 39.7. The Kier molecular flexibility index (Phi) is 16.9. The van der Waals surface area contributed by atoms with Crippen LogP contribution in [0.4, 0.5) is 0 Å². The topological polar surface area (TPSA) is 178 Å². The number of hydrogen-bond donors (Lipinski definition) is 3. The van der Waals surface area contributed by atoms with Gasteiger partial charge in [0.2, 0.25) is 11.6 Å². The summed E-state index contributed by atoms with van der Waals surface area (Å²) in [7, 11) is 3.07. The van der Waals surface area contributed by atoms with Crippen LogP contribution in [0, 0.1) is 29.6 Å². The van der Waals surface area contributed by atoms with Gasteiger partial charge >= 0.3 is 5.97 Å². The second kappa shape index (κ2) is 21.8. The van der Waals surface area contributed by atoms with Crippen molar-refractivity contribution in [2.24, 2.45) is 29.6 Å². The molecular formula is C52H73NO12. The van der Waals surface area contributed by atoms with Crippen molar-refractivity contribution in [3.8, 4) is 5.75 Å². The summed E-state index contributed by atoms with van der Waals surface area (Å²) >= 11 is 0. The predicted molar refractivity (Wildman–Crippen MR) is 245 cm³/mol. The fourth-order valence-electron chi connectivity index (χ4n) is 10.8. The van der Waals surface area contributed by atoms with Crippen molar-refractivity contribution in [2.45, 2.75) is 167 Å². The van der Waals surface area contributed by atoms with Gasteiger partial charge in [0, 0.05) is 57.8 Å². The third kappa shape index (κ3) is 11.8. The summed E-state index contributed by atoms with van der Waals surface area (Å²) in [6, 6.07) is 12.5. The highest BCUT2D eigenvalue weighted by atomic mass is 16.7. The highest BCUT2D eigenvalue weighted by Gasteiger charge is 2.56. The Morgan fingerprint density at radius 1 is 0.923 bits per heavy atom. The molecule has 2 bridgehead atoms. The van der Waals surface area contributed by atoms with E-state index in [0.717, 1.165) is 22.8 Å². The first kappa shape index (κ1) is 50.4. The number of Topliss-reactive ketones (excluding diaryl/α,β-unsaturated/α-hetero) is 2. The van der Waals surface area contributed by atoms with Gasteiger partial charge in [-0.05, 0) is 112 Å². The maximum absolute atomic E-state index is 14.5. The van der Waals surface area contributed by atoms with Crippen LogP contribution in [0.25, 0.3) is 10.8 Å². The summed E-state index contributed by atoms with van der Waals surface area (Å²) in [5.41, 5.74) is 1.60. The SMILES string of the molecule is CCC1C=C(C)CC(C)CC(OC)C2OC(O)(C(=O)C(=O)N3CCCCC3C(=O)OC(C(C)=CC3CCCC(O)(Oc4ccc5ccccc5c4)C3)C(C)C(O)CC1=O)C(C)CC2OC. The molecule has 2 aromatic rings. The number of aliphatic hydroxyl groups excluding tert-OH is 1. The number of hydrogen-bond acceptors (Lipinski definition) is 12. The molecule has 3 N–H and O–H groups in total. The first-order valence-corrected chi connectivity index (χ1v) is 23.9. The quantitative estimate of drug-likeness (QED) is 0.109. The average molecular weight is 904 g/mol. The van der Waals surface area contributed by atoms with E-state index < -0.39 is 83.5 Å². The maximum Gasteiger partial charge on any atom is 0.329 e. The van der Waals surface area contributed by atoms with E-state index in [2.05, 4.69) is 6.92 Å². The van der Waals surface area contributed by atoms with E-state index in [9.17, 15) is 34.5 Å². The van der Waals surface area contributed by atoms with Crippen molar-refractivity contribution in [3.05, 3.63) is 65.8 Å². The Bertz CT molecular complexity index is 2070. The number of amides is 1. The molecule has 6 rings (SSSR count). The fourth-order valence-corrected chi connectivity index (χ4v) is 10.8. The van der Waals surface area contributed by atoms with Gasteiger partial charge in [0.1, 0.15) is 29.8 Å². The van der Waals surface area contributed by atoms with Crippen molar-refractivity contribution in [3.63, 3.8) is 0 Å². The van der Waals surface area contributed by atoms with Crippen molar-refractivity contribution in [1.29, 1.82) is 0 Å². The number of esters is 1. The first-order valence-electron chi connectivity index (χ1n) is 23.9. The lowest BCUT2D eigenvalue weighted by molar-refractivity contribution is -0.302. The van der Waals surface area contributed by atoms with Crippen LogP contribution in [0.5, 0.6) is 5.75 Å². The maximum atomic E-state index is 14.5. The minimum absolute atomic E-state index is 0.0209. The zero-order chi connectivity index (χ0) is 47.2. The van der Waals surface area contributed by atoms with E-state index in [4.69, 9.17) is 23.7 Å². The lowest BCUT2D eigenvalue weighted by atomic mass is 9.81. The van der Waals surface area contributed by atoms with Gasteiger partial charge in [-0.25, -0.2) is 4.79 Å². The molecule has 65 heavy (non-hydrogen) atoms. The first-order chi connectivity index (χ1) is 30.9. The molecule has 3 fully saturated rings. The van der Waals surface area contributed by atoms with Crippen molar-refractivity contribution in [2.75, 3.05) is 20.8 Å². The van der Waals surface area contributed by atoms with E-state index in [1.54, 1.807) is 13.8 Å². The minimum Gasteiger partial charge on any atom is -0.463 e. The lowest BCUT2D eigenvalue weighted by Crippen LogP contribution is -2.64. The molecule has 3 aliphatic heterocycles. The van der Waals surface area contributed by atoms with Crippen molar-refractivity contribution in [1.82, 2.24) is 4.90 Å². The lowest BCUT2D eigenvalue weighted by Gasteiger charge is -2.47. The average Bonchev–Trinajstić information content (AvgIpc) is 3.28. The highest BCUT2D eigenvalue weighted by Crippen LogP contribution is 2.40. The molecule has 0 radical (unpaired) electrons. The molecule has 1 saturated carbocycles. The molecule has 13 atom stereocenters. The molecule has 13 unspecified atom stereocenters. The van der Waals surface area contributed by atoms with Gasteiger partial charge in [-0.2, -0.15) is 0 Å². The normalized spacial score (nSPS) is 36.6. The number of allylic oxidation sites excluding steroid dienone is 3. The van der Waals surface area contributed by atoms with E-state index in [1.165, 1.54) is 19.1 Å². The van der Waals surface area contributed by atoms with Gasteiger partial charge in [-0.3, -0.25) is 14.4 Å². The van der Waals surface area contributed by atoms with Crippen LogP contribution >= 0.6 is 0 Å². The molecule has 0 spiro atoms. The zero-order valence-electron chi connectivity index (χ0n) is 39.7. The molecule has 13 heteroatoms. The largest absolute Gasteiger partial charge is 0.463 e. The number of ketones is 2. The Labute approximate surface area is 384 Å². The van der Waals surface area contributed by atoms with Crippen molar-refractivity contribution >= 4 is 34.2 Å². The molecule has 13 nitrogen and oxygen atoms in total. The van der Waals surface area contributed by atoms with E-state index >= 15 is 0 Å². The van der Waals surface area contributed by atoms with Crippen LogP contribution in [0.3, 0.4) is 0 Å². The smallest absolute Gasteiger partial charge is 0.329 e. The predicted octanol–water partition coefficient (Wildman–Crippen LogP) is 7.41. The van der Waals surface area contributed by atoms with Gasteiger partial charge in [-0.15, -0.1) is 0 Å². The van der Waals surface area contributed by atoms with Gasteiger partial charge < -0.3 is 43.9 Å². The van der Waals surface area contributed by atoms with Crippen LogP contribution < -0.4 is 4.74 Å². The number of carbonyl (C=O) groups excluding carboxylic acids is 4. The number of nitrogens with zero attached hydrogens (tertiary/aromatic N) is 1. The molecule has 0 aromatic heterocycles. The van der Waals surface area contributed by atoms with E-state index in [1.807, 2.05) is 75.4 Å². The van der Waals surface area contributed by atoms with Gasteiger partial charge in [0.15, 0.2) is 0 Å². The summed E-state index contributed by atoms with van der Waals surface area (Å²) in [6.07, 6.45) is 4.65. The van der Waals surface area contributed by atoms with Crippen LogP contribution in [-0.2, 0) is 38.1 Å². The number of cyclic esters (lactones) is 1. The number of piperidine rings is 1. The van der Waals surface area contributed by atoms with E-state index in [-0.39, 0.29) is 49.8 Å². The van der Waals surface area contributed by atoms with Gasteiger partial charge in [-0.1, -0.05) is 75.8 Å². The van der Waals surface area contributed by atoms with Gasteiger partial charge in [0.25, 0.3) is 11.7 Å². The molecule has 2 aromatic carbocycles. The summed E-state index contributed by atoms with van der Waals surface area (Å²) in [5, 5.41) is 37.8. The van der Waals surface area contributed by atoms with Crippen LogP contribution in [0.2, 0.25) is 0 Å². The molecule has 3 heterocycles. The van der Waals surface area contributed by atoms with E-state index in [0.29, 0.717) is 56.3 Å². The Hall–Kier alpha value is -3.98. The van der Waals surface area contributed by atoms with Crippen molar-refractivity contribution < 1.29 is 58.2 Å². The second-order valence-electron chi connectivity index (χ2n) is 19.7. The number of ether oxygens (including phenoxy) is 5. The summed E-state index contributed by atoms with van der Waals surface area (Å²) < 4.78 is 30.7. The Morgan fingerprint density at radius 2 is 1.63 bits per heavy atom. The third-order valence-corrected chi connectivity index (χ3v) is 14.5. The molecule has 2 saturated heterocycles. The molecule has 1 aliphatic carbocycles. The van der Waals surface area contributed by atoms with Crippen LogP contribution in [-0.4, -0.2) is 113 Å². The summed E-state index contributed by atoms with van der Waals surface area (Å²) in [4.78, 5) is 58.4. The fraction of sp³-hybridized carbons (Fsp3) is 0.654. The number of methoxy groups -OCH3 is 2. The summed E-state index contributed by atoms with van der Waals surface area (Å²) in [5.74, 6) is -8.78. The number of aliphatic hydroxyl groups is 3. The number of benzene rings is 2. The molecule has 4 aliphatic rings. The molecule has 358 valence electrons. The third-order valence-electron chi connectivity index (χ3n) is 14.5. The summed E-state index contributed by atoms with van der Waals surface area (Å²) in [6.45, 7) is 11.2.